The summed E-state index contributed by atoms with van der Waals surface area (Å²) in [5.41, 5.74) is 23.5. The zero-order chi connectivity index (χ0) is 47.5. The van der Waals surface area contributed by atoms with Crippen molar-refractivity contribution in [3.63, 3.8) is 0 Å². The van der Waals surface area contributed by atoms with Crippen molar-refractivity contribution < 1.29 is 0 Å². The van der Waals surface area contributed by atoms with Crippen LogP contribution in [0.2, 0.25) is 0 Å². The Kier molecular flexibility index (Phi) is 9.61. The quantitative estimate of drug-likeness (QED) is 0.163. The number of aryl methyl sites for hydroxylation is 1. The number of rotatable bonds is 3. The van der Waals surface area contributed by atoms with Gasteiger partial charge in [0.2, 0.25) is 0 Å². The molecule has 0 fully saturated rings. The van der Waals surface area contributed by atoms with Crippen molar-refractivity contribution in [3.8, 4) is 22.3 Å². The van der Waals surface area contributed by atoms with Crippen LogP contribution >= 0.6 is 11.3 Å². The van der Waals surface area contributed by atoms with E-state index in [0.717, 1.165) is 0 Å². The zero-order valence-electron chi connectivity index (χ0n) is 43.1. The maximum Gasteiger partial charge on any atom is 0.343 e. The molecule has 0 N–H and O–H groups in total. The summed E-state index contributed by atoms with van der Waals surface area (Å²) in [6, 6.07) is 43.9. The standard InChI is InChI=1S/C63H71BN2S/c1-38-31-45-44-34-41(59(5,6)7)22-26-52(44)66(42-23-24-47-48(35-42)61(10,11)28-27-60(47,8)9)64-55(45)53(32-38)65(51-25-21-40(58(2,3)4)33-43(51)39-19-17-16-18-20-39)56-46-36-49-50(37-54(46)67-57(56)64)63(14,15)30-29-62(49,12)13/h16-26,31-37H,27-30H2,1-15H3. The van der Waals surface area contributed by atoms with Gasteiger partial charge in [-0.25, -0.2) is 0 Å². The molecule has 2 nitrogen and oxygen atoms in total. The van der Waals surface area contributed by atoms with Gasteiger partial charge in [0.15, 0.2) is 0 Å². The first-order valence-corrected chi connectivity index (χ1v) is 26.0. The average Bonchev–Trinajstić information content (AvgIpc) is 3.64. The van der Waals surface area contributed by atoms with Crippen LogP contribution in [-0.2, 0) is 32.5 Å². The largest absolute Gasteiger partial charge is 0.376 e. The van der Waals surface area contributed by atoms with Crippen LogP contribution in [0.1, 0.15) is 162 Å². The molecule has 0 radical (unpaired) electrons. The lowest BCUT2D eigenvalue weighted by molar-refractivity contribution is 0.332. The second-order valence-corrected chi connectivity index (χ2v) is 26.7. The molecule has 0 amide bonds. The Balaban J connectivity index is 1.29. The van der Waals surface area contributed by atoms with Crippen LogP contribution in [0, 0.1) is 6.92 Å². The summed E-state index contributed by atoms with van der Waals surface area (Å²) >= 11 is 2.05. The van der Waals surface area contributed by atoms with Crippen molar-refractivity contribution >= 4 is 66.9 Å². The van der Waals surface area contributed by atoms with Gasteiger partial charge >= 0.3 is 6.85 Å². The van der Waals surface area contributed by atoms with Gasteiger partial charge in [0.1, 0.15) is 0 Å². The van der Waals surface area contributed by atoms with Crippen LogP contribution < -0.4 is 20.0 Å². The Morgan fingerprint density at radius 3 is 1.67 bits per heavy atom. The van der Waals surface area contributed by atoms with Gasteiger partial charge in [-0.3, -0.25) is 0 Å². The molecule has 4 aliphatic rings. The molecule has 1 aromatic heterocycles. The third kappa shape index (κ3) is 6.84. The average molecular weight is 899 g/mol. The van der Waals surface area contributed by atoms with E-state index in [0.29, 0.717) is 0 Å². The predicted octanol–water partition coefficient (Wildman–Crippen LogP) is 16.9. The van der Waals surface area contributed by atoms with Crippen molar-refractivity contribution in [3.05, 3.63) is 148 Å². The highest BCUT2D eigenvalue weighted by atomic mass is 32.1. The van der Waals surface area contributed by atoms with Crippen LogP contribution in [0.4, 0.5) is 28.4 Å². The van der Waals surface area contributed by atoms with Crippen LogP contribution in [-0.4, -0.2) is 6.85 Å². The monoisotopic (exact) mass is 899 g/mol. The minimum atomic E-state index is -0.0351. The van der Waals surface area contributed by atoms with Crippen LogP contribution in [0.3, 0.4) is 0 Å². The second-order valence-electron chi connectivity index (χ2n) is 25.7. The van der Waals surface area contributed by atoms with Crippen molar-refractivity contribution in [1.29, 1.82) is 0 Å². The van der Waals surface area contributed by atoms with Gasteiger partial charge in [-0.05, 0) is 175 Å². The van der Waals surface area contributed by atoms with Gasteiger partial charge in [0.05, 0.1) is 11.4 Å². The summed E-state index contributed by atoms with van der Waals surface area (Å²) in [7, 11) is 0. The molecule has 0 saturated heterocycles. The Labute approximate surface area is 407 Å². The van der Waals surface area contributed by atoms with E-state index in [1.165, 1.54) is 136 Å². The first-order chi connectivity index (χ1) is 31.4. The highest BCUT2D eigenvalue weighted by Gasteiger charge is 2.49. The van der Waals surface area contributed by atoms with Gasteiger partial charge in [-0.1, -0.05) is 152 Å². The molecule has 0 bridgehead atoms. The van der Waals surface area contributed by atoms with Gasteiger partial charge in [-0.15, -0.1) is 11.3 Å². The molecule has 0 saturated carbocycles. The molecule has 7 aromatic rings. The number of hydrogen-bond acceptors (Lipinski definition) is 3. The highest BCUT2D eigenvalue weighted by Crippen LogP contribution is 2.56. The number of fused-ring (bicyclic) bond motifs is 8. The van der Waals surface area contributed by atoms with E-state index in [-0.39, 0.29) is 39.3 Å². The Morgan fingerprint density at radius 1 is 0.507 bits per heavy atom. The highest BCUT2D eigenvalue weighted by molar-refractivity contribution is 7.32. The van der Waals surface area contributed by atoms with Crippen molar-refractivity contribution in [2.75, 3.05) is 9.71 Å². The molecule has 342 valence electrons. The zero-order valence-corrected chi connectivity index (χ0v) is 43.9. The minimum absolute atomic E-state index is 0.00719. The van der Waals surface area contributed by atoms with E-state index in [9.17, 15) is 0 Å². The molecule has 0 spiro atoms. The fourth-order valence-corrected chi connectivity index (χ4v) is 13.7. The summed E-state index contributed by atoms with van der Waals surface area (Å²) in [5.74, 6) is 0. The van der Waals surface area contributed by atoms with Crippen molar-refractivity contribution in [2.45, 2.75) is 162 Å². The van der Waals surface area contributed by atoms with E-state index in [1.807, 2.05) is 11.3 Å². The molecule has 3 heterocycles. The van der Waals surface area contributed by atoms with Crippen LogP contribution in [0.25, 0.3) is 32.3 Å². The number of hydrogen-bond donors (Lipinski definition) is 0. The van der Waals surface area contributed by atoms with Gasteiger partial charge in [-0.2, -0.15) is 0 Å². The van der Waals surface area contributed by atoms with E-state index in [4.69, 9.17) is 0 Å². The lowest BCUT2D eigenvalue weighted by Crippen LogP contribution is -2.60. The summed E-state index contributed by atoms with van der Waals surface area (Å²) < 4.78 is 2.81. The van der Waals surface area contributed by atoms with Gasteiger partial charge in [0.25, 0.3) is 0 Å². The van der Waals surface area contributed by atoms with Crippen molar-refractivity contribution in [2.24, 2.45) is 0 Å². The topological polar surface area (TPSA) is 6.48 Å². The molecule has 0 unspecified atom stereocenters. The summed E-state index contributed by atoms with van der Waals surface area (Å²) in [6.07, 6.45) is 4.76. The number of thiophene rings is 1. The minimum Gasteiger partial charge on any atom is -0.376 e. The van der Waals surface area contributed by atoms with E-state index in [1.54, 1.807) is 0 Å². The molecular formula is C63H71BN2S. The summed E-state index contributed by atoms with van der Waals surface area (Å²) in [4.78, 5) is 5.51. The Bertz CT molecular complexity index is 3180. The summed E-state index contributed by atoms with van der Waals surface area (Å²) in [5, 5.41) is 1.37. The maximum absolute atomic E-state index is 2.78. The number of nitrogens with zero attached hydrogens (tertiary/aromatic N) is 2. The molecular weight excluding hydrogens is 828 g/mol. The van der Waals surface area contributed by atoms with E-state index in [2.05, 4.69) is 223 Å². The lowest BCUT2D eigenvalue weighted by atomic mass is 9.46. The van der Waals surface area contributed by atoms with Crippen molar-refractivity contribution in [1.82, 2.24) is 0 Å². The van der Waals surface area contributed by atoms with E-state index >= 15 is 0 Å². The first-order valence-electron chi connectivity index (χ1n) is 25.2. The fourth-order valence-electron chi connectivity index (χ4n) is 12.4. The molecule has 0 atom stereocenters. The Hall–Kier alpha value is -5.06. The molecule has 2 aliphatic heterocycles. The number of benzene rings is 6. The third-order valence-corrected chi connectivity index (χ3v) is 18.1. The van der Waals surface area contributed by atoms with Crippen LogP contribution in [0.15, 0.2) is 109 Å². The number of anilines is 5. The maximum atomic E-state index is 2.78. The van der Waals surface area contributed by atoms with Gasteiger partial charge in [0, 0.05) is 43.1 Å². The summed E-state index contributed by atoms with van der Waals surface area (Å²) in [6.45, 7) is 36.2. The molecule has 4 heteroatoms. The SMILES string of the molecule is Cc1cc2c3c(c1)N(c1ccc(C(C)(C)C)cc1-c1ccccc1)c1c(sc4cc5c(cc14)C(C)(C)CCC5(C)C)B3N(c1ccc3c(c1)C(C)(C)CCC3(C)C)c1ccc(C(C)(C)C)cc1-2. The van der Waals surface area contributed by atoms with Crippen LogP contribution in [0.5, 0.6) is 0 Å². The fraction of sp³-hybridized carbons (Fsp3) is 0.397. The molecule has 2 aliphatic carbocycles. The first kappa shape index (κ1) is 44.5. The second kappa shape index (κ2) is 14.5. The molecule has 11 rings (SSSR count). The Morgan fingerprint density at radius 2 is 1.06 bits per heavy atom. The normalized spacial score (nSPS) is 18.5. The molecule has 6 aromatic carbocycles. The van der Waals surface area contributed by atoms with E-state index < -0.39 is 0 Å². The smallest absolute Gasteiger partial charge is 0.343 e. The molecule has 67 heavy (non-hydrogen) atoms. The third-order valence-electron chi connectivity index (χ3n) is 16.9. The van der Waals surface area contributed by atoms with Gasteiger partial charge < -0.3 is 9.71 Å². The lowest BCUT2D eigenvalue weighted by Gasteiger charge is -2.47. The predicted molar refractivity (Wildman–Crippen MR) is 294 cm³/mol.